The Morgan fingerprint density at radius 3 is 2.78 bits per heavy atom. The van der Waals surface area contributed by atoms with E-state index in [1.54, 1.807) is 19.0 Å². The third kappa shape index (κ3) is 4.61. The van der Waals surface area contributed by atoms with Gasteiger partial charge in [-0.15, -0.1) is 0 Å². The Morgan fingerprint density at radius 2 is 2.04 bits per heavy atom. The van der Waals surface area contributed by atoms with Gasteiger partial charge in [0, 0.05) is 27.2 Å². The van der Waals surface area contributed by atoms with Gasteiger partial charge in [0.15, 0.2) is 0 Å². The number of carbonyl (C=O) groups excluding carboxylic acids is 2. The van der Waals surface area contributed by atoms with Gasteiger partial charge in [-0.2, -0.15) is 5.10 Å². The van der Waals surface area contributed by atoms with E-state index in [1.165, 1.54) is 6.42 Å². The first-order valence-electron chi connectivity index (χ1n) is 10.0. The molecule has 3 heterocycles. The summed E-state index contributed by atoms with van der Waals surface area (Å²) in [5.41, 5.74) is 1.89. The van der Waals surface area contributed by atoms with Crippen LogP contribution in [-0.4, -0.2) is 76.2 Å². The molecule has 8 nitrogen and oxygen atoms in total. The zero-order valence-corrected chi connectivity index (χ0v) is 16.8. The molecule has 3 amide bonds. The number of rotatable bonds is 4. The molecule has 1 fully saturated rings. The van der Waals surface area contributed by atoms with Crippen LogP contribution in [0.3, 0.4) is 0 Å². The molecule has 8 heteroatoms. The molecule has 0 unspecified atom stereocenters. The molecule has 1 aromatic rings. The molecular formula is C19H32N6O2. The van der Waals surface area contributed by atoms with Crippen LogP contribution in [0.5, 0.6) is 0 Å². The molecule has 0 saturated carbocycles. The molecule has 0 bridgehead atoms. The average Bonchev–Trinajstić information content (AvgIpc) is 2.95. The number of likely N-dealkylation sites (N-methyl/N-ethyl adjacent to an activating group) is 1. The first kappa shape index (κ1) is 19.7. The van der Waals surface area contributed by atoms with E-state index in [9.17, 15) is 9.59 Å². The molecule has 1 atom stereocenters. The van der Waals surface area contributed by atoms with E-state index in [4.69, 9.17) is 0 Å². The summed E-state index contributed by atoms with van der Waals surface area (Å²) in [5.74, 6) is 0.101. The highest BCUT2D eigenvalue weighted by molar-refractivity contribution is 5.81. The van der Waals surface area contributed by atoms with E-state index in [1.807, 2.05) is 15.6 Å². The average molecular weight is 377 g/mol. The van der Waals surface area contributed by atoms with Crippen LogP contribution in [0.15, 0.2) is 6.07 Å². The third-order valence-electron chi connectivity index (χ3n) is 5.48. The van der Waals surface area contributed by atoms with E-state index in [0.717, 1.165) is 56.8 Å². The Balaban J connectivity index is 1.60. The van der Waals surface area contributed by atoms with Crippen molar-refractivity contribution < 1.29 is 9.59 Å². The molecule has 1 saturated heterocycles. The minimum absolute atomic E-state index is 0.0163. The number of nitrogens with one attached hydrogen (secondary N) is 1. The van der Waals surface area contributed by atoms with Crippen LogP contribution in [0.25, 0.3) is 0 Å². The van der Waals surface area contributed by atoms with E-state index in [2.05, 4.69) is 22.2 Å². The number of urea groups is 1. The minimum Gasteiger partial charge on any atom is -0.349 e. The number of hydrogen-bond acceptors (Lipinski definition) is 4. The lowest BCUT2D eigenvalue weighted by atomic mass is 10.0. The number of aromatic nitrogens is 2. The van der Waals surface area contributed by atoms with Gasteiger partial charge in [0.25, 0.3) is 0 Å². The topological polar surface area (TPSA) is 73.7 Å². The van der Waals surface area contributed by atoms with E-state index < -0.39 is 0 Å². The Kier molecular flexibility index (Phi) is 6.36. The highest BCUT2D eigenvalue weighted by Crippen LogP contribution is 2.18. The highest BCUT2D eigenvalue weighted by Gasteiger charge is 2.27. The summed E-state index contributed by atoms with van der Waals surface area (Å²) < 4.78 is 1.98. The first-order chi connectivity index (χ1) is 13.0. The molecule has 0 radical (unpaired) electrons. The van der Waals surface area contributed by atoms with Crippen molar-refractivity contribution in [2.45, 2.75) is 58.3 Å². The molecule has 1 aromatic heterocycles. The predicted octanol–water partition coefficient (Wildman–Crippen LogP) is 1.26. The Labute approximate surface area is 161 Å². The van der Waals surface area contributed by atoms with Gasteiger partial charge in [0.2, 0.25) is 5.91 Å². The number of likely N-dealkylation sites (tertiary alicyclic amines) is 1. The number of amides is 3. The van der Waals surface area contributed by atoms with Crippen molar-refractivity contribution in [2.75, 3.05) is 33.7 Å². The molecule has 27 heavy (non-hydrogen) atoms. The van der Waals surface area contributed by atoms with Gasteiger partial charge < -0.3 is 15.1 Å². The second-order valence-electron chi connectivity index (χ2n) is 7.66. The summed E-state index contributed by atoms with van der Waals surface area (Å²) in [6, 6.07) is 2.02. The molecule has 3 rings (SSSR count). The van der Waals surface area contributed by atoms with Gasteiger partial charge in [0.05, 0.1) is 30.5 Å². The molecular weight excluding hydrogens is 344 g/mol. The summed E-state index contributed by atoms with van der Waals surface area (Å²) in [4.78, 5) is 30.6. The quantitative estimate of drug-likeness (QED) is 0.859. The Hall–Kier alpha value is -2.09. The van der Waals surface area contributed by atoms with Crippen molar-refractivity contribution in [3.8, 4) is 0 Å². The van der Waals surface area contributed by atoms with Gasteiger partial charge in [-0.3, -0.25) is 14.4 Å². The zero-order valence-electron chi connectivity index (χ0n) is 16.8. The fraction of sp³-hybridized carbons (Fsp3) is 0.737. The lowest BCUT2D eigenvalue weighted by molar-refractivity contribution is -0.127. The number of carbonyl (C=O) groups is 2. The lowest BCUT2D eigenvalue weighted by Crippen LogP contribution is -2.49. The standard InChI is InChI=1S/C19H32N6O2/c1-4-23-9-6-5-8-17(23)18(26)20-13-15-12-16-14-24(19(27)22(2)3)10-7-11-25(16)21-15/h12,17H,4-11,13-14H2,1-3H3,(H,20,26)/t17-/m0/s1. The molecule has 2 aliphatic rings. The van der Waals surface area contributed by atoms with Crippen molar-refractivity contribution in [1.29, 1.82) is 0 Å². The molecule has 0 aromatic carbocycles. The lowest BCUT2D eigenvalue weighted by Gasteiger charge is -2.33. The second-order valence-corrected chi connectivity index (χ2v) is 7.66. The fourth-order valence-electron chi connectivity index (χ4n) is 4.02. The van der Waals surface area contributed by atoms with Gasteiger partial charge in [-0.25, -0.2) is 4.79 Å². The van der Waals surface area contributed by atoms with Crippen molar-refractivity contribution in [2.24, 2.45) is 0 Å². The van der Waals surface area contributed by atoms with Crippen LogP contribution >= 0.6 is 0 Å². The number of hydrogen-bond donors (Lipinski definition) is 1. The molecule has 2 aliphatic heterocycles. The van der Waals surface area contributed by atoms with Crippen molar-refractivity contribution in [3.63, 3.8) is 0 Å². The number of fused-ring (bicyclic) bond motifs is 1. The van der Waals surface area contributed by atoms with Crippen LogP contribution in [-0.2, 0) is 24.4 Å². The normalized spacial score (nSPS) is 20.7. The molecule has 0 aliphatic carbocycles. The fourth-order valence-corrected chi connectivity index (χ4v) is 4.02. The summed E-state index contributed by atoms with van der Waals surface area (Å²) in [6.45, 7) is 6.56. The maximum atomic E-state index is 12.6. The minimum atomic E-state index is -0.0163. The zero-order chi connectivity index (χ0) is 19.4. The number of piperidine rings is 1. The van der Waals surface area contributed by atoms with E-state index >= 15 is 0 Å². The smallest absolute Gasteiger partial charge is 0.319 e. The van der Waals surface area contributed by atoms with Crippen LogP contribution < -0.4 is 5.32 Å². The summed E-state index contributed by atoms with van der Waals surface area (Å²) in [5, 5.41) is 7.71. The van der Waals surface area contributed by atoms with Gasteiger partial charge in [-0.1, -0.05) is 13.3 Å². The highest BCUT2D eigenvalue weighted by atomic mass is 16.2. The number of aryl methyl sites for hydroxylation is 1. The second kappa shape index (κ2) is 8.73. The first-order valence-corrected chi connectivity index (χ1v) is 10.0. The van der Waals surface area contributed by atoms with Crippen LogP contribution in [0.4, 0.5) is 4.79 Å². The SMILES string of the molecule is CCN1CCCC[C@H]1C(=O)NCc1cc2n(n1)CCCN(C(=O)N(C)C)C2. The van der Waals surface area contributed by atoms with Gasteiger partial charge in [-0.05, 0) is 38.4 Å². The maximum absolute atomic E-state index is 12.6. The maximum Gasteiger partial charge on any atom is 0.319 e. The van der Waals surface area contributed by atoms with Gasteiger partial charge >= 0.3 is 6.03 Å². The summed E-state index contributed by atoms with van der Waals surface area (Å²) in [7, 11) is 3.55. The monoisotopic (exact) mass is 376 g/mol. The molecule has 150 valence electrons. The number of nitrogens with zero attached hydrogens (tertiary/aromatic N) is 5. The predicted molar refractivity (Wildman–Crippen MR) is 103 cm³/mol. The van der Waals surface area contributed by atoms with Crippen molar-refractivity contribution in [3.05, 3.63) is 17.5 Å². The van der Waals surface area contributed by atoms with Crippen molar-refractivity contribution >= 4 is 11.9 Å². The molecule has 0 spiro atoms. The summed E-state index contributed by atoms with van der Waals surface area (Å²) in [6.07, 6.45) is 4.10. The van der Waals surface area contributed by atoms with Crippen molar-refractivity contribution in [1.82, 2.24) is 29.8 Å². The van der Waals surface area contributed by atoms with E-state index in [-0.39, 0.29) is 18.0 Å². The van der Waals surface area contributed by atoms with E-state index in [0.29, 0.717) is 13.1 Å². The van der Waals surface area contributed by atoms with Crippen LogP contribution in [0.1, 0.15) is 44.0 Å². The van der Waals surface area contributed by atoms with Gasteiger partial charge in [0.1, 0.15) is 0 Å². The molecule has 1 N–H and O–H groups in total. The third-order valence-corrected chi connectivity index (χ3v) is 5.48. The Bertz CT molecular complexity index is 671. The Morgan fingerprint density at radius 1 is 1.22 bits per heavy atom. The summed E-state index contributed by atoms with van der Waals surface area (Å²) >= 11 is 0. The largest absolute Gasteiger partial charge is 0.349 e. The van der Waals surface area contributed by atoms with Crippen LogP contribution in [0.2, 0.25) is 0 Å². The van der Waals surface area contributed by atoms with Crippen LogP contribution in [0, 0.1) is 0 Å².